The van der Waals surface area contributed by atoms with Crippen molar-refractivity contribution in [1.29, 1.82) is 0 Å². The van der Waals surface area contributed by atoms with Gasteiger partial charge in [0, 0.05) is 19.1 Å². The average molecular weight is 236 g/mol. The van der Waals surface area contributed by atoms with E-state index in [0.29, 0.717) is 0 Å². The van der Waals surface area contributed by atoms with Crippen molar-refractivity contribution in [2.45, 2.75) is 50.7 Å². The molecule has 1 aliphatic heterocycles. The molecule has 4 nitrogen and oxygen atoms in total. The molecule has 0 amide bonds. The molecule has 1 atom stereocenters. The molecular formula is C13H20N2O2. The number of rotatable bonds is 6. The minimum atomic E-state index is 0.154. The van der Waals surface area contributed by atoms with Gasteiger partial charge in [-0.05, 0) is 38.6 Å². The molecule has 4 heteroatoms. The normalized spacial score (nSPS) is 24.4. The van der Waals surface area contributed by atoms with E-state index >= 15 is 0 Å². The fourth-order valence-corrected chi connectivity index (χ4v) is 2.22. The van der Waals surface area contributed by atoms with Crippen LogP contribution < -0.4 is 5.32 Å². The van der Waals surface area contributed by atoms with E-state index in [-0.39, 0.29) is 6.10 Å². The summed E-state index contributed by atoms with van der Waals surface area (Å²) < 4.78 is 11.3. The van der Waals surface area contributed by atoms with Crippen LogP contribution in [0.2, 0.25) is 0 Å². The van der Waals surface area contributed by atoms with Crippen LogP contribution in [0.25, 0.3) is 0 Å². The molecule has 0 radical (unpaired) electrons. The van der Waals surface area contributed by atoms with Crippen molar-refractivity contribution in [2.75, 3.05) is 13.2 Å². The van der Waals surface area contributed by atoms with Crippen LogP contribution in [0.1, 0.15) is 49.9 Å². The number of aromatic nitrogens is 1. The molecule has 17 heavy (non-hydrogen) atoms. The maximum atomic E-state index is 5.73. The predicted molar refractivity (Wildman–Crippen MR) is 63.8 cm³/mol. The molecule has 94 valence electrons. The lowest BCUT2D eigenvalue weighted by Crippen LogP contribution is -2.17. The number of aryl methyl sites for hydroxylation is 1. The molecule has 3 rings (SSSR count). The minimum absolute atomic E-state index is 0.154. The monoisotopic (exact) mass is 236 g/mol. The van der Waals surface area contributed by atoms with E-state index in [0.717, 1.165) is 56.5 Å². The Morgan fingerprint density at radius 3 is 3.06 bits per heavy atom. The quantitative estimate of drug-likeness (QED) is 0.769. The van der Waals surface area contributed by atoms with Crippen LogP contribution in [0.15, 0.2) is 10.6 Å². The highest BCUT2D eigenvalue weighted by Crippen LogP contribution is 2.28. The van der Waals surface area contributed by atoms with E-state index in [4.69, 9.17) is 9.15 Å². The lowest BCUT2D eigenvalue weighted by atomic mass is 10.2. The van der Waals surface area contributed by atoms with Gasteiger partial charge in [-0.25, -0.2) is 4.98 Å². The number of oxazole rings is 1. The number of hydrogen-bond donors (Lipinski definition) is 1. The number of ether oxygens (including phenoxy) is 1. The summed E-state index contributed by atoms with van der Waals surface area (Å²) in [6, 6.07) is 0.794. The number of hydrogen-bond acceptors (Lipinski definition) is 4. The van der Waals surface area contributed by atoms with Crippen molar-refractivity contribution < 1.29 is 9.15 Å². The fourth-order valence-electron chi connectivity index (χ4n) is 2.22. The Kier molecular flexibility index (Phi) is 3.43. The highest BCUT2D eigenvalue weighted by atomic mass is 16.5. The van der Waals surface area contributed by atoms with Crippen molar-refractivity contribution in [2.24, 2.45) is 0 Å². The third-order valence-corrected chi connectivity index (χ3v) is 3.40. The van der Waals surface area contributed by atoms with E-state index < -0.39 is 0 Å². The second-order valence-electron chi connectivity index (χ2n) is 4.99. The Morgan fingerprint density at radius 1 is 1.35 bits per heavy atom. The van der Waals surface area contributed by atoms with Gasteiger partial charge in [0.05, 0.1) is 6.20 Å². The van der Waals surface area contributed by atoms with Gasteiger partial charge in [-0.1, -0.05) is 0 Å². The summed E-state index contributed by atoms with van der Waals surface area (Å²) in [4.78, 5) is 4.32. The molecule has 0 aromatic carbocycles. The second kappa shape index (κ2) is 5.19. The van der Waals surface area contributed by atoms with Gasteiger partial charge in [-0.3, -0.25) is 0 Å². The minimum Gasteiger partial charge on any atom is -0.443 e. The van der Waals surface area contributed by atoms with E-state index in [1.165, 1.54) is 12.8 Å². The molecular weight excluding hydrogens is 216 g/mol. The largest absolute Gasteiger partial charge is 0.443 e. The van der Waals surface area contributed by atoms with E-state index in [9.17, 15) is 0 Å². The van der Waals surface area contributed by atoms with Gasteiger partial charge in [0.1, 0.15) is 6.10 Å². The summed E-state index contributed by atoms with van der Waals surface area (Å²) in [6.45, 7) is 1.92. The smallest absolute Gasteiger partial charge is 0.194 e. The fraction of sp³-hybridized carbons (Fsp3) is 0.769. The first-order chi connectivity index (χ1) is 8.42. The molecule has 1 saturated carbocycles. The molecule has 0 bridgehead atoms. The maximum absolute atomic E-state index is 5.73. The Bertz CT molecular complexity index is 354. The topological polar surface area (TPSA) is 47.3 Å². The van der Waals surface area contributed by atoms with Gasteiger partial charge < -0.3 is 14.5 Å². The van der Waals surface area contributed by atoms with Gasteiger partial charge >= 0.3 is 0 Å². The van der Waals surface area contributed by atoms with Crippen molar-refractivity contribution in [3.63, 3.8) is 0 Å². The van der Waals surface area contributed by atoms with Crippen LogP contribution in [0.5, 0.6) is 0 Å². The van der Waals surface area contributed by atoms with E-state index in [1.54, 1.807) is 0 Å². The molecule has 2 fully saturated rings. The average Bonchev–Trinajstić information content (AvgIpc) is 2.84. The van der Waals surface area contributed by atoms with Gasteiger partial charge in [0.15, 0.2) is 11.7 Å². The summed E-state index contributed by atoms with van der Waals surface area (Å²) in [7, 11) is 0. The van der Waals surface area contributed by atoms with Crippen LogP contribution in [-0.4, -0.2) is 24.2 Å². The molecule has 1 unspecified atom stereocenters. The lowest BCUT2D eigenvalue weighted by molar-refractivity contribution is 0.0924. The zero-order valence-electron chi connectivity index (χ0n) is 10.2. The summed E-state index contributed by atoms with van der Waals surface area (Å²) in [6.07, 6.45) is 8.91. The Labute approximate surface area is 102 Å². The van der Waals surface area contributed by atoms with Crippen LogP contribution in [-0.2, 0) is 11.2 Å². The van der Waals surface area contributed by atoms with Crippen LogP contribution in [0.4, 0.5) is 0 Å². The van der Waals surface area contributed by atoms with Gasteiger partial charge in [0.25, 0.3) is 0 Å². The number of nitrogens with zero attached hydrogens (tertiary/aromatic N) is 1. The molecule has 1 N–H and O–H groups in total. The summed E-state index contributed by atoms with van der Waals surface area (Å²) in [5.41, 5.74) is 0. The Balaban J connectivity index is 1.42. The first-order valence-electron chi connectivity index (χ1n) is 6.71. The van der Waals surface area contributed by atoms with Crippen molar-refractivity contribution >= 4 is 0 Å². The summed E-state index contributed by atoms with van der Waals surface area (Å²) in [5.74, 6) is 1.76. The Hall–Kier alpha value is -0.870. The molecule has 2 aliphatic rings. The zero-order valence-corrected chi connectivity index (χ0v) is 10.2. The molecule has 2 heterocycles. The molecule has 1 aromatic rings. The lowest BCUT2D eigenvalue weighted by Gasteiger charge is -2.03. The molecule has 1 saturated heterocycles. The highest BCUT2D eigenvalue weighted by Gasteiger charge is 2.22. The predicted octanol–water partition coefficient (Wildman–Crippen LogP) is 2.21. The molecule has 0 spiro atoms. The summed E-state index contributed by atoms with van der Waals surface area (Å²) in [5, 5.41) is 3.49. The van der Waals surface area contributed by atoms with Gasteiger partial charge in [-0.2, -0.15) is 0 Å². The van der Waals surface area contributed by atoms with Gasteiger partial charge in [0.2, 0.25) is 0 Å². The van der Waals surface area contributed by atoms with Crippen LogP contribution in [0, 0.1) is 0 Å². The molecule has 1 aliphatic carbocycles. The standard InChI is InChI=1S/C13H20N2O2/c1(7-14-10-5-6-10)4-13-15-9-12(17-13)11-3-2-8-16-11/h9-11,14H,1-8H2. The summed E-state index contributed by atoms with van der Waals surface area (Å²) >= 11 is 0. The number of nitrogens with one attached hydrogen (secondary N) is 1. The van der Waals surface area contributed by atoms with Crippen molar-refractivity contribution in [3.05, 3.63) is 17.8 Å². The van der Waals surface area contributed by atoms with E-state index in [1.807, 2.05) is 6.20 Å². The van der Waals surface area contributed by atoms with Gasteiger partial charge in [-0.15, -0.1) is 0 Å². The third-order valence-electron chi connectivity index (χ3n) is 3.40. The van der Waals surface area contributed by atoms with Crippen molar-refractivity contribution in [1.82, 2.24) is 10.3 Å². The van der Waals surface area contributed by atoms with E-state index in [2.05, 4.69) is 10.3 Å². The van der Waals surface area contributed by atoms with Crippen LogP contribution >= 0.6 is 0 Å². The first-order valence-corrected chi connectivity index (χ1v) is 6.71. The second-order valence-corrected chi connectivity index (χ2v) is 4.99. The van der Waals surface area contributed by atoms with Crippen LogP contribution in [0.3, 0.4) is 0 Å². The first kappa shape index (κ1) is 11.2. The molecule has 1 aromatic heterocycles. The highest BCUT2D eigenvalue weighted by molar-refractivity contribution is 5.00. The zero-order chi connectivity index (χ0) is 11.5. The van der Waals surface area contributed by atoms with Crippen molar-refractivity contribution in [3.8, 4) is 0 Å². The Morgan fingerprint density at radius 2 is 2.29 bits per heavy atom. The SMILES string of the molecule is c1nc(CCCNC2CC2)oc1C1CCCO1. The third kappa shape index (κ3) is 3.07. The maximum Gasteiger partial charge on any atom is 0.194 e.